The molecule has 0 atom stereocenters. The molecule has 4 aromatic rings. The number of allylic oxidation sites excluding steroid dienone is 1. The lowest BCUT2D eigenvalue weighted by Gasteiger charge is -2.32. The Morgan fingerprint density at radius 3 is 2.47 bits per heavy atom. The first kappa shape index (κ1) is 23.7. The first-order valence-electron chi connectivity index (χ1n) is 12.0. The molecular formula is C30H27FN2O3. The van der Waals surface area contributed by atoms with E-state index in [9.17, 15) is 14.3 Å². The normalized spacial score (nSPS) is 14.8. The SMILES string of the molecule is Cc1cc(CO)ccc1/C(=C(\c1ccc(/C=C/C(=O)O)cc1)c1ccc2[nH]nc(F)c2c1)C1CCC1. The van der Waals surface area contributed by atoms with E-state index >= 15 is 0 Å². The van der Waals surface area contributed by atoms with E-state index in [0.717, 1.165) is 64.3 Å². The molecule has 1 heterocycles. The molecule has 36 heavy (non-hydrogen) atoms. The molecule has 0 spiro atoms. The Morgan fingerprint density at radius 2 is 1.83 bits per heavy atom. The van der Waals surface area contributed by atoms with E-state index in [2.05, 4.69) is 23.2 Å². The Morgan fingerprint density at radius 1 is 1.08 bits per heavy atom. The predicted octanol–water partition coefficient (Wildman–Crippen LogP) is 6.36. The van der Waals surface area contributed by atoms with Gasteiger partial charge in [-0.2, -0.15) is 4.39 Å². The Hall–Kier alpha value is -4.03. The van der Waals surface area contributed by atoms with Crippen LogP contribution in [0.15, 0.2) is 66.7 Å². The van der Waals surface area contributed by atoms with Crippen LogP contribution in [0.4, 0.5) is 4.39 Å². The van der Waals surface area contributed by atoms with Crippen molar-refractivity contribution in [2.24, 2.45) is 5.92 Å². The van der Waals surface area contributed by atoms with E-state index in [-0.39, 0.29) is 6.61 Å². The number of halogens is 1. The lowest BCUT2D eigenvalue weighted by Crippen LogP contribution is -2.16. The summed E-state index contributed by atoms with van der Waals surface area (Å²) in [7, 11) is 0. The number of rotatable bonds is 7. The number of aliphatic hydroxyl groups is 1. The van der Waals surface area contributed by atoms with Crippen molar-refractivity contribution < 1.29 is 19.4 Å². The van der Waals surface area contributed by atoms with E-state index in [1.54, 1.807) is 6.08 Å². The third-order valence-corrected chi connectivity index (χ3v) is 6.97. The number of nitrogens with zero attached hydrogens (tertiary/aromatic N) is 1. The van der Waals surface area contributed by atoms with Gasteiger partial charge in [-0.05, 0) is 88.4 Å². The van der Waals surface area contributed by atoms with Crippen molar-refractivity contribution >= 4 is 34.1 Å². The van der Waals surface area contributed by atoms with Gasteiger partial charge in [0.15, 0.2) is 0 Å². The molecule has 6 heteroatoms. The summed E-state index contributed by atoms with van der Waals surface area (Å²) in [5.74, 6) is -1.17. The van der Waals surface area contributed by atoms with Gasteiger partial charge in [0.1, 0.15) is 0 Å². The Bertz CT molecular complexity index is 1490. The van der Waals surface area contributed by atoms with Gasteiger partial charge in [-0.25, -0.2) is 4.79 Å². The van der Waals surface area contributed by atoms with Crippen LogP contribution >= 0.6 is 0 Å². The van der Waals surface area contributed by atoms with Gasteiger partial charge >= 0.3 is 5.97 Å². The summed E-state index contributed by atoms with van der Waals surface area (Å²) in [4.78, 5) is 10.9. The van der Waals surface area contributed by atoms with Crippen molar-refractivity contribution in [3.8, 4) is 0 Å². The van der Waals surface area contributed by atoms with Crippen LogP contribution in [-0.4, -0.2) is 26.4 Å². The second kappa shape index (κ2) is 9.91. The molecule has 0 amide bonds. The predicted molar refractivity (Wildman–Crippen MR) is 140 cm³/mol. The largest absolute Gasteiger partial charge is 0.478 e. The number of aromatic nitrogens is 2. The molecule has 0 bridgehead atoms. The quantitative estimate of drug-likeness (QED) is 0.211. The van der Waals surface area contributed by atoms with Crippen molar-refractivity contribution in [1.82, 2.24) is 10.2 Å². The zero-order valence-electron chi connectivity index (χ0n) is 20.0. The van der Waals surface area contributed by atoms with Crippen LogP contribution in [0.25, 0.3) is 28.1 Å². The third kappa shape index (κ3) is 4.60. The first-order chi connectivity index (χ1) is 17.4. The van der Waals surface area contributed by atoms with Crippen molar-refractivity contribution in [2.45, 2.75) is 32.8 Å². The van der Waals surface area contributed by atoms with Gasteiger partial charge in [-0.3, -0.25) is 5.10 Å². The number of benzene rings is 3. The fraction of sp³-hybridized carbons (Fsp3) is 0.200. The van der Waals surface area contributed by atoms with Gasteiger partial charge in [-0.1, -0.05) is 55.0 Å². The number of hydrogen-bond acceptors (Lipinski definition) is 3. The molecule has 1 aliphatic rings. The fourth-order valence-corrected chi connectivity index (χ4v) is 4.93. The summed E-state index contributed by atoms with van der Waals surface area (Å²) < 4.78 is 14.5. The minimum atomic E-state index is -0.996. The third-order valence-electron chi connectivity index (χ3n) is 6.97. The summed E-state index contributed by atoms with van der Waals surface area (Å²) in [6, 6.07) is 19.5. The smallest absolute Gasteiger partial charge is 0.328 e. The number of aryl methyl sites for hydroxylation is 1. The zero-order valence-corrected chi connectivity index (χ0v) is 20.0. The van der Waals surface area contributed by atoms with Crippen LogP contribution < -0.4 is 0 Å². The van der Waals surface area contributed by atoms with E-state index in [1.165, 1.54) is 5.57 Å². The molecule has 1 saturated carbocycles. The highest BCUT2D eigenvalue weighted by Crippen LogP contribution is 2.46. The Labute approximate surface area is 208 Å². The molecule has 5 rings (SSSR count). The molecule has 0 aliphatic heterocycles. The van der Waals surface area contributed by atoms with Gasteiger partial charge in [0.2, 0.25) is 5.95 Å². The van der Waals surface area contributed by atoms with Crippen LogP contribution in [-0.2, 0) is 11.4 Å². The van der Waals surface area contributed by atoms with Gasteiger partial charge in [0.25, 0.3) is 0 Å². The molecule has 3 N–H and O–H groups in total. The maximum Gasteiger partial charge on any atom is 0.328 e. The van der Waals surface area contributed by atoms with E-state index < -0.39 is 11.9 Å². The lowest BCUT2D eigenvalue weighted by atomic mass is 9.72. The van der Waals surface area contributed by atoms with Crippen LogP contribution in [0.3, 0.4) is 0 Å². The number of aliphatic carboxylic acids is 1. The number of aliphatic hydroxyl groups excluding tert-OH is 1. The van der Waals surface area contributed by atoms with Crippen LogP contribution in [0.5, 0.6) is 0 Å². The summed E-state index contributed by atoms with van der Waals surface area (Å²) in [6.45, 7) is 2.04. The van der Waals surface area contributed by atoms with Crippen LogP contribution in [0, 0.1) is 18.8 Å². The van der Waals surface area contributed by atoms with Gasteiger partial charge < -0.3 is 10.2 Å². The maximum atomic E-state index is 14.5. The summed E-state index contributed by atoms with van der Waals surface area (Å²) in [5.41, 5.74) is 8.58. The molecule has 1 fully saturated rings. The fourth-order valence-electron chi connectivity index (χ4n) is 4.93. The lowest BCUT2D eigenvalue weighted by molar-refractivity contribution is -0.131. The number of carboxylic acids is 1. The average Bonchev–Trinajstić information content (AvgIpc) is 3.22. The number of aromatic amines is 1. The molecule has 1 aliphatic carbocycles. The maximum absolute atomic E-state index is 14.5. The number of hydrogen-bond donors (Lipinski definition) is 3. The number of carboxylic acid groups (broad SMARTS) is 1. The monoisotopic (exact) mass is 482 g/mol. The number of H-pyrrole nitrogens is 1. The molecular weight excluding hydrogens is 455 g/mol. The molecule has 0 radical (unpaired) electrons. The second-order valence-corrected chi connectivity index (χ2v) is 9.29. The average molecular weight is 483 g/mol. The molecule has 0 saturated heterocycles. The number of fused-ring (bicyclic) bond motifs is 1. The molecule has 0 unspecified atom stereocenters. The number of carbonyl (C=O) groups is 1. The van der Waals surface area contributed by atoms with Gasteiger partial charge in [0, 0.05) is 6.08 Å². The van der Waals surface area contributed by atoms with E-state index in [0.29, 0.717) is 16.8 Å². The van der Waals surface area contributed by atoms with Gasteiger partial charge in [0.05, 0.1) is 17.5 Å². The van der Waals surface area contributed by atoms with Crippen molar-refractivity contribution in [1.29, 1.82) is 0 Å². The summed E-state index contributed by atoms with van der Waals surface area (Å²) >= 11 is 0. The minimum Gasteiger partial charge on any atom is -0.478 e. The number of nitrogens with one attached hydrogen (secondary N) is 1. The van der Waals surface area contributed by atoms with Gasteiger partial charge in [-0.15, -0.1) is 5.10 Å². The molecule has 3 aromatic carbocycles. The summed E-state index contributed by atoms with van der Waals surface area (Å²) in [6.07, 6.45) is 5.98. The second-order valence-electron chi connectivity index (χ2n) is 9.29. The minimum absolute atomic E-state index is 0.0157. The highest BCUT2D eigenvalue weighted by atomic mass is 19.1. The molecule has 182 valence electrons. The van der Waals surface area contributed by atoms with Crippen molar-refractivity contribution in [3.05, 3.63) is 106 Å². The van der Waals surface area contributed by atoms with E-state index in [4.69, 9.17) is 5.11 Å². The topological polar surface area (TPSA) is 86.2 Å². The highest BCUT2D eigenvalue weighted by molar-refractivity contribution is 6.02. The van der Waals surface area contributed by atoms with Crippen molar-refractivity contribution in [2.75, 3.05) is 0 Å². The zero-order chi connectivity index (χ0) is 25.2. The van der Waals surface area contributed by atoms with E-state index in [1.807, 2.05) is 54.6 Å². The van der Waals surface area contributed by atoms with Crippen LogP contribution in [0.1, 0.15) is 52.6 Å². The molecule has 1 aromatic heterocycles. The van der Waals surface area contributed by atoms with Crippen LogP contribution in [0.2, 0.25) is 0 Å². The summed E-state index contributed by atoms with van der Waals surface area (Å²) in [5, 5.41) is 25.5. The molecule has 5 nitrogen and oxygen atoms in total. The van der Waals surface area contributed by atoms with Crippen molar-refractivity contribution in [3.63, 3.8) is 0 Å². The Kier molecular flexibility index (Phi) is 6.53. The Balaban J connectivity index is 1.76. The first-order valence-corrected chi connectivity index (χ1v) is 12.0. The highest BCUT2D eigenvalue weighted by Gasteiger charge is 2.28. The standard InChI is InChI=1S/C30H27FN2O3/c1-18-15-20(17-34)7-12-24(18)29(21-3-2-4-21)28(22-9-5-19(6-10-22)8-14-27(35)36)23-11-13-26-25(16-23)30(31)33-32-26/h5-16,21,34H,2-4,17H2,1H3,(H,32,33)(H,35,36)/b14-8+,29-28+.